The molecule has 2 aromatic rings. The van der Waals surface area contributed by atoms with Crippen molar-refractivity contribution >= 4 is 39.1 Å². The second kappa shape index (κ2) is 7.50. The smallest absolute Gasteiger partial charge is 0.133 e. The maximum atomic E-state index is 6.23. The van der Waals surface area contributed by atoms with Gasteiger partial charge in [0.1, 0.15) is 5.75 Å². The van der Waals surface area contributed by atoms with Crippen LogP contribution < -0.4 is 10.5 Å². The standard InChI is InChI=1S/C16H16BrCl2NO/c1-21-16-6-5-10(8-13(16)17)7-11(20)9-12-14(18)3-2-4-15(12)19/h2-6,8,11H,7,9,20H2,1H3. The lowest BCUT2D eigenvalue weighted by Crippen LogP contribution is -2.25. The third kappa shape index (κ3) is 4.36. The van der Waals surface area contributed by atoms with Crippen molar-refractivity contribution in [2.45, 2.75) is 18.9 Å². The Balaban J connectivity index is 2.08. The molecule has 0 aliphatic rings. The van der Waals surface area contributed by atoms with Gasteiger partial charge in [0.25, 0.3) is 0 Å². The van der Waals surface area contributed by atoms with E-state index in [4.69, 9.17) is 33.7 Å². The van der Waals surface area contributed by atoms with Gasteiger partial charge in [0, 0.05) is 16.1 Å². The zero-order valence-corrected chi connectivity index (χ0v) is 14.7. The lowest BCUT2D eigenvalue weighted by atomic mass is 9.99. The summed E-state index contributed by atoms with van der Waals surface area (Å²) in [5, 5.41) is 1.32. The second-order valence-corrected chi connectivity index (χ2v) is 6.51. The van der Waals surface area contributed by atoms with E-state index in [0.717, 1.165) is 27.8 Å². The van der Waals surface area contributed by atoms with Crippen LogP contribution >= 0.6 is 39.1 Å². The molecule has 0 radical (unpaired) electrons. The number of ether oxygens (including phenoxy) is 1. The SMILES string of the molecule is COc1ccc(CC(N)Cc2c(Cl)cccc2Cl)cc1Br. The molecule has 0 spiro atoms. The van der Waals surface area contributed by atoms with E-state index in [2.05, 4.69) is 15.9 Å². The van der Waals surface area contributed by atoms with Gasteiger partial charge in [-0.3, -0.25) is 0 Å². The Kier molecular flexibility index (Phi) is 5.94. The minimum Gasteiger partial charge on any atom is -0.496 e. The summed E-state index contributed by atoms with van der Waals surface area (Å²) < 4.78 is 6.14. The van der Waals surface area contributed by atoms with Gasteiger partial charge in [-0.15, -0.1) is 0 Å². The van der Waals surface area contributed by atoms with Crippen molar-refractivity contribution in [3.63, 3.8) is 0 Å². The van der Waals surface area contributed by atoms with Gasteiger partial charge in [-0.05, 0) is 64.2 Å². The van der Waals surface area contributed by atoms with E-state index in [1.807, 2.05) is 36.4 Å². The highest BCUT2D eigenvalue weighted by molar-refractivity contribution is 9.10. The summed E-state index contributed by atoms with van der Waals surface area (Å²) in [6.07, 6.45) is 1.38. The van der Waals surface area contributed by atoms with Crippen molar-refractivity contribution < 1.29 is 4.74 Å². The van der Waals surface area contributed by atoms with Crippen molar-refractivity contribution in [3.8, 4) is 5.75 Å². The quantitative estimate of drug-likeness (QED) is 0.792. The highest BCUT2D eigenvalue weighted by Crippen LogP contribution is 2.28. The fourth-order valence-electron chi connectivity index (χ4n) is 2.20. The maximum absolute atomic E-state index is 6.23. The van der Waals surface area contributed by atoms with Crippen LogP contribution in [-0.2, 0) is 12.8 Å². The molecule has 1 unspecified atom stereocenters. The number of halogens is 3. The number of hydrogen-bond donors (Lipinski definition) is 1. The number of hydrogen-bond acceptors (Lipinski definition) is 2. The Hall–Kier alpha value is -0.740. The minimum atomic E-state index is -0.0531. The van der Waals surface area contributed by atoms with E-state index >= 15 is 0 Å². The maximum Gasteiger partial charge on any atom is 0.133 e. The van der Waals surface area contributed by atoms with Gasteiger partial charge >= 0.3 is 0 Å². The monoisotopic (exact) mass is 387 g/mol. The van der Waals surface area contributed by atoms with Crippen molar-refractivity contribution in [1.82, 2.24) is 0 Å². The second-order valence-electron chi connectivity index (χ2n) is 4.84. The van der Waals surface area contributed by atoms with Crippen LogP contribution in [0.5, 0.6) is 5.75 Å². The molecule has 2 N–H and O–H groups in total. The fourth-order valence-corrected chi connectivity index (χ4v) is 3.34. The molecule has 112 valence electrons. The van der Waals surface area contributed by atoms with Crippen LogP contribution in [0.1, 0.15) is 11.1 Å². The summed E-state index contributed by atoms with van der Waals surface area (Å²) in [6.45, 7) is 0. The number of benzene rings is 2. The summed E-state index contributed by atoms with van der Waals surface area (Å²) in [7, 11) is 1.64. The Labute approximate surface area is 143 Å². The van der Waals surface area contributed by atoms with Crippen LogP contribution in [0.4, 0.5) is 0 Å². The number of nitrogens with two attached hydrogens (primary N) is 1. The molecular weight excluding hydrogens is 373 g/mol. The molecule has 0 aliphatic heterocycles. The van der Waals surface area contributed by atoms with Gasteiger partial charge in [0.15, 0.2) is 0 Å². The first-order valence-electron chi connectivity index (χ1n) is 6.52. The Morgan fingerprint density at radius 3 is 2.38 bits per heavy atom. The first-order valence-corrected chi connectivity index (χ1v) is 8.07. The molecule has 5 heteroatoms. The molecule has 0 amide bonds. The molecule has 0 bridgehead atoms. The molecule has 1 atom stereocenters. The summed E-state index contributed by atoms with van der Waals surface area (Å²) in [4.78, 5) is 0. The number of rotatable bonds is 5. The van der Waals surface area contributed by atoms with Crippen molar-refractivity contribution in [2.24, 2.45) is 5.73 Å². The molecule has 0 aliphatic carbocycles. The van der Waals surface area contributed by atoms with E-state index in [1.165, 1.54) is 0 Å². The highest BCUT2D eigenvalue weighted by Gasteiger charge is 2.12. The zero-order valence-electron chi connectivity index (χ0n) is 11.6. The lowest BCUT2D eigenvalue weighted by molar-refractivity contribution is 0.412. The highest BCUT2D eigenvalue weighted by atomic mass is 79.9. The molecule has 0 saturated carbocycles. The van der Waals surface area contributed by atoms with E-state index < -0.39 is 0 Å². The average Bonchev–Trinajstić information content (AvgIpc) is 2.43. The molecule has 0 fully saturated rings. The van der Waals surface area contributed by atoms with E-state index in [-0.39, 0.29) is 6.04 Å². The van der Waals surface area contributed by atoms with Crippen LogP contribution in [0.25, 0.3) is 0 Å². The Bertz CT molecular complexity index is 613. The summed E-state index contributed by atoms with van der Waals surface area (Å²) in [6, 6.07) is 11.4. The first-order chi connectivity index (χ1) is 10.0. The van der Waals surface area contributed by atoms with Gasteiger partial charge in [0.2, 0.25) is 0 Å². The van der Waals surface area contributed by atoms with Crippen LogP contribution in [0.3, 0.4) is 0 Å². The van der Waals surface area contributed by atoms with Gasteiger partial charge < -0.3 is 10.5 Å². The average molecular weight is 389 g/mol. The molecule has 0 saturated heterocycles. The van der Waals surface area contributed by atoms with Gasteiger partial charge in [-0.25, -0.2) is 0 Å². The summed E-state index contributed by atoms with van der Waals surface area (Å²) in [5.41, 5.74) is 8.27. The molecular formula is C16H16BrCl2NO. The van der Waals surface area contributed by atoms with Crippen LogP contribution in [0.15, 0.2) is 40.9 Å². The van der Waals surface area contributed by atoms with Crippen molar-refractivity contribution in [2.75, 3.05) is 7.11 Å². The van der Waals surface area contributed by atoms with Gasteiger partial charge in [-0.1, -0.05) is 35.3 Å². The summed E-state index contributed by atoms with van der Waals surface area (Å²) in [5.74, 6) is 0.807. The molecule has 0 heterocycles. The largest absolute Gasteiger partial charge is 0.496 e. The lowest BCUT2D eigenvalue weighted by Gasteiger charge is -2.15. The van der Waals surface area contributed by atoms with E-state index in [1.54, 1.807) is 7.11 Å². The number of methoxy groups -OCH3 is 1. The molecule has 0 aromatic heterocycles. The van der Waals surface area contributed by atoms with Crippen LogP contribution in [-0.4, -0.2) is 13.2 Å². The molecule has 2 nitrogen and oxygen atoms in total. The van der Waals surface area contributed by atoms with Gasteiger partial charge in [0.05, 0.1) is 11.6 Å². The predicted molar refractivity (Wildman–Crippen MR) is 92.5 cm³/mol. The normalized spacial score (nSPS) is 12.2. The van der Waals surface area contributed by atoms with Crippen LogP contribution in [0, 0.1) is 0 Å². The molecule has 2 aromatic carbocycles. The topological polar surface area (TPSA) is 35.2 Å². The predicted octanol–water partition coefficient (Wildman–Crippen LogP) is 4.88. The van der Waals surface area contributed by atoms with E-state index in [0.29, 0.717) is 16.5 Å². The summed E-state index contributed by atoms with van der Waals surface area (Å²) >= 11 is 15.8. The first kappa shape index (κ1) is 16.6. The van der Waals surface area contributed by atoms with Gasteiger partial charge in [-0.2, -0.15) is 0 Å². The van der Waals surface area contributed by atoms with Crippen LogP contribution in [0.2, 0.25) is 10.0 Å². The minimum absolute atomic E-state index is 0.0531. The Morgan fingerprint density at radius 1 is 1.14 bits per heavy atom. The third-order valence-electron chi connectivity index (χ3n) is 3.24. The zero-order chi connectivity index (χ0) is 15.4. The van der Waals surface area contributed by atoms with Crippen molar-refractivity contribution in [3.05, 3.63) is 62.0 Å². The fraction of sp³-hybridized carbons (Fsp3) is 0.250. The Morgan fingerprint density at radius 2 is 1.81 bits per heavy atom. The van der Waals surface area contributed by atoms with E-state index in [9.17, 15) is 0 Å². The van der Waals surface area contributed by atoms with Crippen molar-refractivity contribution in [1.29, 1.82) is 0 Å². The third-order valence-corrected chi connectivity index (χ3v) is 4.57. The molecule has 21 heavy (non-hydrogen) atoms. The molecule has 2 rings (SSSR count).